The van der Waals surface area contributed by atoms with Gasteiger partial charge < -0.3 is 14.8 Å². The molecule has 2 aromatic rings. The van der Waals surface area contributed by atoms with E-state index in [1.807, 2.05) is 12.1 Å². The quantitative estimate of drug-likeness (QED) is 0.693. The van der Waals surface area contributed by atoms with Gasteiger partial charge >= 0.3 is 0 Å². The van der Waals surface area contributed by atoms with E-state index in [9.17, 15) is 0 Å². The average Bonchev–Trinajstić information content (AvgIpc) is 2.57. The van der Waals surface area contributed by atoms with Gasteiger partial charge in [-0.25, -0.2) is 0 Å². The number of ether oxygens (including phenoxy) is 2. The monoisotopic (exact) mass is 313 g/mol. The summed E-state index contributed by atoms with van der Waals surface area (Å²) in [6.45, 7) is 6.65. The molecule has 0 fully saturated rings. The molecule has 0 bridgehead atoms. The van der Waals surface area contributed by atoms with Crippen molar-refractivity contribution in [2.75, 3.05) is 13.7 Å². The summed E-state index contributed by atoms with van der Waals surface area (Å²) < 4.78 is 11.6. The Hall–Kier alpha value is -2.00. The molecular formula is C20H27NO2. The Morgan fingerprint density at radius 2 is 1.91 bits per heavy atom. The van der Waals surface area contributed by atoms with Gasteiger partial charge in [0, 0.05) is 12.1 Å². The van der Waals surface area contributed by atoms with Crippen LogP contribution in [0.15, 0.2) is 42.5 Å². The predicted octanol–water partition coefficient (Wildman–Crippen LogP) is 4.47. The van der Waals surface area contributed by atoms with Crippen LogP contribution in [0.5, 0.6) is 11.5 Å². The van der Waals surface area contributed by atoms with Crippen LogP contribution >= 0.6 is 0 Å². The third-order valence-electron chi connectivity index (χ3n) is 3.77. The van der Waals surface area contributed by atoms with Gasteiger partial charge in [0.25, 0.3) is 0 Å². The molecule has 0 spiro atoms. The van der Waals surface area contributed by atoms with Crippen LogP contribution in [0.25, 0.3) is 0 Å². The van der Waals surface area contributed by atoms with Gasteiger partial charge in [-0.2, -0.15) is 0 Å². The fourth-order valence-electron chi connectivity index (χ4n) is 2.51. The van der Waals surface area contributed by atoms with Gasteiger partial charge in [0.05, 0.1) is 7.11 Å². The van der Waals surface area contributed by atoms with Crippen molar-refractivity contribution in [1.29, 1.82) is 0 Å². The summed E-state index contributed by atoms with van der Waals surface area (Å²) in [5.74, 6) is 1.62. The normalized spacial score (nSPS) is 10.6. The highest BCUT2D eigenvalue weighted by Gasteiger charge is 2.10. The molecule has 0 radical (unpaired) electrons. The molecule has 0 amide bonds. The number of aryl methyl sites for hydroxylation is 1. The van der Waals surface area contributed by atoms with E-state index in [-0.39, 0.29) is 0 Å². The zero-order valence-electron chi connectivity index (χ0n) is 14.4. The summed E-state index contributed by atoms with van der Waals surface area (Å²) in [5, 5.41) is 3.47. The van der Waals surface area contributed by atoms with E-state index in [4.69, 9.17) is 9.47 Å². The number of rotatable bonds is 9. The lowest BCUT2D eigenvalue weighted by Crippen LogP contribution is -2.15. The number of benzene rings is 2. The van der Waals surface area contributed by atoms with Crippen molar-refractivity contribution in [1.82, 2.24) is 5.32 Å². The van der Waals surface area contributed by atoms with Gasteiger partial charge in [0.15, 0.2) is 11.5 Å². The minimum absolute atomic E-state index is 0.546. The van der Waals surface area contributed by atoms with Crippen LogP contribution < -0.4 is 14.8 Å². The molecule has 23 heavy (non-hydrogen) atoms. The Balaban J connectivity index is 2.08. The standard InChI is InChI=1S/C20H27NO2/c1-4-5-12-21-14-18-10-7-11-19(22-3)20(18)23-15-17-9-6-8-16(2)13-17/h6-11,13,21H,4-5,12,14-15H2,1-3H3. The minimum atomic E-state index is 0.546. The molecule has 3 heteroatoms. The van der Waals surface area contributed by atoms with Gasteiger partial charge in [-0.1, -0.05) is 55.3 Å². The first-order chi connectivity index (χ1) is 11.2. The molecule has 0 aliphatic rings. The van der Waals surface area contributed by atoms with Crippen LogP contribution in [0.4, 0.5) is 0 Å². The molecule has 0 saturated heterocycles. The van der Waals surface area contributed by atoms with E-state index in [1.165, 1.54) is 24.0 Å². The molecule has 1 N–H and O–H groups in total. The maximum absolute atomic E-state index is 6.09. The lowest BCUT2D eigenvalue weighted by molar-refractivity contribution is 0.280. The van der Waals surface area contributed by atoms with E-state index in [0.717, 1.165) is 30.2 Å². The number of unbranched alkanes of at least 4 members (excludes halogenated alkanes) is 1. The first kappa shape index (κ1) is 17.4. The summed E-state index contributed by atoms with van der Waals surface area (Å²) in [6.07, 6.45) is 2.38. The molecule has 0 aliphatic heterocycles. The second-order valence-corrected chi connectivity index (χ2v) is 5.76. The van der Waals surface area contributed by atoms with Crippen LogP contribution in [0.3, 0.4) is 0 Å². The second-order valence-electron chi connectivity index (χ2n) is 5.76. The maximum Gasteiger partial charge on any atom is 0.166 e. The van der Waals surface area contributed by atoms with Crippen LogP contribution in [-0.4, -0.2) is 13.7 Å². The van der Waals surface area contributed by atoms with Crippen LogP contribution in [-0.2, 0) is 13.2 Å². The molecule has 124 valence electrons. The highest BCUT2D eigenvalue weighted by Crippen LogP contribution is 2.31. The van der Waals surface area contributed by atoms with Crippen LogP contribution in [0.1, 0.15) is 36.5 Å². The molecule has 0 heterocycles. The summed E-state index contributed by atoms with van der Waals surface area (Å²) in [7, 11) is 1.68. The summed E-state index contributed by atoms with van der Waals surface area (Å²) in [6, 6.07) is 14.4. The molecule has 3 nitrogen and oxygen atoms in total. The minimum Gasteiger partial charge on any atom is -0.493 e. The summed E-state index contributed by atoms with van der Waals surface area (Å²) >= 11 is 0. The number of methoxy groups -OCH3 is 1. The lowest BCUT2D eigenvalue weighted by Gasteiger charge is -2.16. The predicted molar refractivity (Wildman–Crippen MR) is 95.1 cm³/mol. The molecule has 0 atom stereocenters. The van der Waals surface area contributed by atoms with Crippen LogP contribution in [0, 0.1) is 6.92 Å². The van der Waals surface area contributed by atoms with Gasteiger partial charge in [0.2, 0.25) is 0 Å². The fourth-order valence-corrected chi connectivity index (χ4v) is 2.51. The highest BCUT2D eigenvalue weighted by atomic mass is 16.5. The molecule has 2 rings (SSSR count). The molecular weight excluding hydrogens is 286 g/mol. The molecule has 0 saturated carbocycles. The van der Waals surface area contributed by atoms with Crippen molar-refractivity contribution < 1.29 is 9.47 Å². The number of hydrogen-bond donors (Lipinski definition) is 1. The largest absolute Gasteiger partial charge is 0.493 e. The van der Waals surface area contributed by atoms with E-state index in [2.05, 4.69) is 49.5 Å². The Kier molecular flexibility index (Phi) is 6.95. The third-order valence-corrected chi connectivity index (χ3v) is 3.77. The number of para-hydroxylation sites is 1. The Morgan fingerprint density at radius 1 is 1.09 bits per heavy atom. The van der Waals surface area contributed by atoms with Gasteiger partial charge in [-0.15, -0.1) is 0 Å². The summed E-state index contributed by atoms with van der Waals surface area (Å²) in [5.41, 5.74) is 3.54. The van der Waals surface area contributed by atoms with Gasteiger partial charge in [-0.05, 0) is 31.5 Å². The molecule has 2 aromatic carbocycles. The highest BCUT2D eigenvalue weighted by molar-refractivity contribution is 5.46. The van der Waals surface area contributed by atoms with Crippen LogP contribution in [0.2, 0.25) is 0 Å². The SMILES string of the molecule is CCCCNCc1cccc(OC)c1OCc1cccc(C)c1. The molecule has 0 unspecified atom stereocenters. The van der Waals surface area contributed by atoms with Crippen molar-refractivity contribution >= 4 is 0 Å². The van der Waals surface area contributed by atoms with Crippen molar-refractivity contribution in [3.8, 4) is 11.5 Å². The van der Waals surface area contributed by atoms with E-state index in [0.29, 0.717) is 6.61 Å². The summed E-state index contributed by atoms with van der Waals surface area (Å²) in [4.78, 5) is 0. The first-order valence-corrected chi connectivity index (χ1v) is 8.29. The maximum atomic E-state index is 6.09. The van der Waals surface area contributed by atoms with E-state index < -0.39 is 0 Å². The fraction of sp³-hybridized carbons (Fsp3) is 0.400. The zero-order chi connectivity index (χ0) is 16.5. The first-order valence-electron chi connectivity index (χ1n) is 8.29. The van der Waals surface area contributed by atoms with Crippen molar-refractivity contribution in [2.45, 2.75) is 39.8 Å². The number of hydrogen-bond acceptors (Lipinski definition) is 3. The zero-order valence-corrected chi connectivity index (χ0v) is 14.4. The second kappa shape index (κ2) is 9.21. The van der Waals surface area contributed by atoms with Gasteiger partial charge in [-0.3, -0.25) is 0 Å². The third kappa shape index (κ3) is 5.29. The molecule has 0 aromatic heterocycles. The molecule has 0 aliphatic carbocycles. The topological polar surface area (TPSA) is 30.5 Å². The Bertz CT molecular complexity index is 610. The van der Waals surface area contributed by atoms with Crippen molar-refractivity contribution in [3.05, 3.63) is 59.2 Å². The van der Waals surface area contributed by atoms with E-state index in [1.54, 1.807) is 7.11 Å². The Morgan fingerprint density at radius 3 is 2.65 bits per heavy atom. The smallest absolute Gasteiger partial charge is 0.166 e. The van der Waals surface area contributed by atoms with Crippen molar-refractivity contribution in [2.24, 2.45) is 0 Å². The van der Waals surface area contributed by atoms with Gasteiger partial charge in [0.1, 0.15) is 6.61 Å². The average molecular weight is 313 g/mol. The lowest BCUT2D eigenvalue weighted by atomic mass is 10.1. The Labute approximate surface area is 139 Å². The van der Waals surface area contributed by atoms with E-state index >= 15 is 0 Å². The van der Waals surface area contributed by atoms with Crippen molar-refractivity contribution in [3.63, 3.8) is 0 Å². The number of nitrogens with one attached hydrogen (secondary N) is 1.